The van der Waals surface area contributed by atoms with E-state index in [4.69, 9.17) is 4.74 Å². The minimum absolute atomic E-state index is 0.0850. The van der Waals surface area contributed by atoms with Crippen molar-refractivity contribution in [1.82, 2.24) is 0 Å². The van der Waals surface area contributed by atoms with Crippen LogP contribution in [0.25, 0.3) is 0 Å². The molecule has 0 aliphatic rings. The maximum atomic E-state index is 13.4. The van der Waals surface area contributed by atoms with E-state index in [1.807, 2.05) is 12.1 Å². The van der Waals surface area contributed by atoms with Crippen LogP contribution in [0, 0.1) is 11.6 Å². The topological polar surface area (TPSA) is 26.3 Å². The van der Waals surface area contributed by atoms with Crippen molar-refractivity contribution in [2.45, 2.75) is 26.4 Å². The third kappa shape index (κ3) is 4.38. The lowest BCUT2D eigenvalue weighted by atomic mass is 10.1. The van der Waals surface area contributed by atoms with Gasteiger partial charge in [-0.2, -0.15) is 0 Å². The van der Waals surface area contributed by atoms with Gasteiger partial charge >= 0.3 is 0 Å². The van der Waals surface area contributed by atoms with Gasteiger partial charge in [0.1, 0.15) is 29.8 Å². The maximum Gasteiger partial charge on any atom is 0.132 e. The first-order valence-electron chi connectivity index (χ1n) is 6.70. The van der Waals surface area contributed by atoms with E-state index >= 15 is 0 Å². The molecule has 0 heterocycles. The molecule has 0 radical (unpaired) electrons. The minimum Gasteiger partial charge on any atom is -0.489 e. The maximum absolute atomic E-state index is 13.4. The van der Waals surface area contributed by atoms with E-state index in [1.54, 1.807) is 19.1 Å². The summed E-state index contributed by atoms with van der Waals surface area (Å²) in [5, 5.41) is 0. The molecule has 0 spiro atoms. The number of hydrogen-bond acceptors (Lipinski definition) is 2. The Morgan fingerprint density at radius 1 is 1.05 bits per heavy atom. The Kier molecular flexibility index (Phi) is 5.04. The highest BCUT2D eigenvalue weighted by atomic mass is 19.1. The molecule has 0 aromatic heterocycles. The lowest BCUT2D eigenvalue weighted by Crippen LogP contribution is -2.02. The fraction of sp³-hybridized carbons (Fsp3) is 0.235. The van der Waals surface area contributed by atoms with Crippen molar-refractivity contribution in [2.75, 3.05) is 0 Å². The zero-order valence-electron chi connectivity index (χ0n) is 11.7. The summed E-state index contributed by atoms with van der Waals surface area (Å²) in [5.41, 5.74) is 0.938. The SMILES string of the molecule is CC(=O)CCc1ccc(OCc2c(F)cccc2F)cc1. The third-order valence-corrected chi connectivity index (χ3v) is 3.13. The van der Waals surface area contributed by atoms with Crippen molar-refractivity contribution in [3.8, 4) is 5.75 Å². The smallest absolute Gasteiger partial charge is 0.132 e. The van der Waals surface area contributed by atoms with Crippen molar-refractivity contribution in [3.63, 3.8) is 0 Å². The van der Waals surface area contributed by atoms with Crippen molar-refractivity contribution in [1.29, 1.82) is 0 Å². The quantitative estimate of drug-likeness (QED) is 0.801. The molecule has 0 bridgehead atoms. The third-order valence-electron chi connectivity index (χ3n) is 3.13. The molecule has 0 atom stereocenters. The van der Waals surface area contributed by atoms with Gasteiger partial charge in [0, 0.05) is 6.42 Å². The molecule has 2 rings (SSSR count). The molecule has 0 saturated heterocycles. The summed E-state index contributed by atoms with van der Waals surface area (Å²) in [6.07, 6.45) is 1.18. The van der Waals surface area contributed by atoms with E-state index in [2.05, 4.69) is 0 Å². The molecule has 0 fully saturated rings. The van der Waals surface area contributed by atoms with Crippen LogP contribution in [-0.2, 0) is 17.8 Å². The number of carbonyl (C=O) groups is 1. The predicted molar refractivity (Wildman–Crippen MR) is 76.1 cm³/mol. The normalized spacial score (nSPS) is 10.4. The molecule has 2 aromatic rings. The van der Waals surface area contributed by atoms with Crippen LogP contribution in [0.3, 0.4) is 0 Å². The number of halogens is 2. The number of carbonyl (C=O) groups excluding carboxylic acids is 1. The molecule has 0 aliphatic heterocycles. The Balaban J connectivity index is 1.96. The van der Waals surface area contributed by atoms with Gasteiger partial charge in [-0.3, -0.25) is 0 Å². The van der Waals surface area contributed by atoms with Crippen LogP contribution >= 0.6 is 0 Å². The predicted octanol–water partition coefficient (Wildman–Crippen LogP) is 4.07. The average Bonchev–Trinajstić information content (AvgIpc) is 2.46. The van der Waals surface area contributed by atoms with Gasteiger partial charge in [0.05, 0.1) is 5.56 Å². The first-order valence-corrected chi connectivity index (χ1v) is 6.70. The van der Waals surface area contributed by atoms with E-state index in [9.17, 15) is 13.6 Å². The molecule has 0 saturated carbocycles. The molecular formula is C17H16F2O2. The van der Waals surface area contributed by atoms with Gasteiger partial charge in [0.2, 0.25) is 0 Å². The highest BCUT2D eigenvalue weighted by molar-refractivity contribution is 5.75. The summed E-state index contributed by atoms with van der Waals surface area (Å²) >= 11 is 0. The molecule has 21 heavy (non-hydrogen) atoms. The first-order chi connectivity index (χ1) is 10.1. The van der Waals surface area contributed by atoms with Crippen LogP contribution in [0.4, 0.5) is 8.78 Å². The summed E-state index contributed by atoms with van der Waals surface area (Å²) in [6, 6.07) is 10.9. The molecule has 2 aromatic carbocycles. The van der Waals surface area contributed by atoms with Crippen LogP contribution in [0.5, 0.6) is 5.75 Å². The highest BCUT2D eigenvalue weighted by Crippen LogP contribution is 2.18. The molecule has 2 nitrogen and oxygen atoms in total. The van der Waals surface area contributed by atoms with E-state index in [0.717, 1.165) is 5.56 Å². The van der Waals surface area contributed by atoms with Crippen molar-refractivity contribution in [2.24, 2.45) is 0 Å². The van der Waals surface area contributed by atoms with Crippen LogP contribution in [-0.4, -0.2) is 5.78 Å². The van der Waals surface area contributed by atoms with Gasteiger partial charge in [-0.15, -0.1) is 0 Å². The molecule has 4 heteroatoms. The number of hydrogen-bond donors (Lipinski definition) is 0. The molecule has 110 valence electrons. The second-order valence-electron chi connectivity index (χ2n) is 4.83. The Hall–Kier alpha value is -2.23. The summed E-state index contributed by atoms with van der Waals surface area (Å²) in [6.45, 7) is 1.39. The molecule has 0 unspecified atom stereocenters. The van der Waals surface area contributed by atoms with Gasteiger partial charge in [-0.05, 0) is 43.2 Å². The highest BCUT2D eigenvalue weighted by Gasteiger charge is 2.09. The lowest BCUT2D eigenvalue weighted by molar-refractivity contribution is -0.116. The molecular weight excluding hydrogens is 274 g/mol. The fourth-order valence-electron chi connectivity index (χ4n) is 1.90. The minimum atomic E-state index is -0.618. The van der Waals surface area contributed by atoms with Crippen LogP contribution < -0.4 is 4.74 Å². The Bertz CT molecular complexity index is 601. The number of ketones is 1. The largest absolute Gasteiger partial charge is 0.489 e. The van der Waals surface area contributed by atoms with Gasteiger partial charge < -0.3 is 9.53 Å². The van der Waals surface area contributed by atoms with Gasteiger partial charge in [-0.25, -0.2) is 8.78 Å². The van der Waals surface area contributed by atoms with Crippen molar-refractivity contribution >= 4 is 5.78 Å². The molecule has 0 aliphatic carbocycles. The average molecular weight is 290 g/mol. The van der Waals surface area contributed by atoms with Crippen LogP contribution in [0.1, 0.15) is 24.5 Å². The summed E-state index contributed by atoms with van der Waals surface area (Å²) in [7, 11) is 0. The standard InChI is InChI=1S/C17H16F2O2/c1-12(20)5-6-13-7-9-14(10-8-13)21-11-15-16(18)3-2-4-17(15)19/h2-4,7-10H,5-6,11H2,1H3. The van der Waals surface area contributed by atoms with Crippen LogP contribution in [0.2, 0.25) is 0 Å². The Labute approximate surface area is 122 Å². The number of benzene rings is 2. The van der Waals surface area contributed by atoms with Gasteiger partial charge in [0.15, 0.2) is 0 Å². The lowest BCUT2D eigenvalue weighted by Gasteiger charge is -2.08. The summed E-state index contributed by atoms with van der Waals surface area (Å²) < 4.78 is 32.3. The van der Waals surface area contributed by atoms with Crippen LogP contribution in [0.15, 0.2) is 42.5 Å². The molecule has 0 N–H and O–H groups in total. The zero-order valence-corrected chi connectivity index (χ0v) is 11.7. The second-order valence-corrected chi connectivity index (χ2v) is 4.83. The Morgan fingerprint density at radius 3 is 2.24 bits per heavy atom. The van der Waals surface area contributed by atoms with Gasteiger partial charge in [-0.1, -0.05) is 18.2 Å². The summed E-state index contributed by atoms with van der Waals surface area (Å²) in [5.74, 6) is -0.560. The van der Waals surface area contributed by atoms with E-state index in [0.29, 0.717) is 18.6 Å². The van der Waals surface area contributed by atoms with Crippen molar-refractivity contribution < 1.29 is 18.3 Å². The zero-order chi connectivity index (χ0) is 15.2. The van der Waals surface area contributed by atoms with E-state index in [1.165, 1.54) is 18.2 Å². The second kappa shape index (κ2) is 6.97. The van der Waals surface area contributed by atoms with Gasteiger partial charge in [0.25, 0.3) is 0 Å². The monoisotopic (exact) mass is 290 g/mol. The van der Waals surface area contributed by atoms with E-state index < -0.39 is 11.6 Å². The number of aryl methyl sites for hydroxylation is 1. The van der Waals surface area contributed by atoms with Crippen molar-refractivity contribution in [3.05, 3.63) is 65.2 Å². The number of Topliss-reactive ketones (excluding diaryl/α,β-unsaturated/α-hetero) is 1. The summed E-state index contributed by atoms with van der Waals surface area (Å²) in [4.78, 5) is 10.9. The first kappa shape index (κ1) is 15.2. The van der Waals surface area contributed by atoms with E-state index in [-0.39, 0.29) is 18.0 Å². The Morgan fingerprint density at radius 2 is 1.67 bits per heavy atom. The molecule has 0 amide bonds. The fourth-order valence-corrected chi connectivity index (χ4v) is 1.90. The number of ether oxygens (including phenoxy) is 1. The number of rotatable bonds is 6.